The number of nitrogens with one attached hydrogen (secondary N) is 1. The van der Waals surface area contributed by atoms with Crippen LogP contribution in [0.1, 0.15) is 38.6 Å². The summed E-state index contributed by atoms with van der Waals surface area (Å²) in [5, 5.41) is 7.11. The van der Waals surface area contributed by atoms with Crippen molar-refractivity contribution in [2.75, 3.05) is 0 Å². The molecule has 2 heterocycles. The predicted octanol–water partition coefficient (Wildman–Crippen LogP) is 0.608. The van der Waals surface area contributed by atoms with Gasteiger partial charge in [-0.05, 0) is 25.8 Å². The topological polar surface area (TPSA) is 67.2 Å². The summed E-state index contributed by atoms with van der Waals surface area (Å²) >= 11 is 0. The van der Waals surface area contributed by atoms with Gasteiger partial charge in [0.1, 0.15) is 12.1 Å². The van der Waals surface area contributed by atoms with Gasteiger partial charge in [-0.15, -0.1) is 0 Å². The highest BCUT2D eigenvalue weighted by Gasteiger charge is 2.37. The van der Waals surface area contributed by atoms with Gasteiger partial charge in [-0.3, -0.25) is 14.3 Å². The summed E-state index contributed by atoms with van der Waals surface area (Å²) in [4.78, 5) is 26.0. The lowest BCUT2D eigenvalue weighted by atomic mass is 10.1. The molecule has 6 heteroatoms. The van der Waals surface area contributed by atoms with Gasteiger partial charge in [0.25, 0.3) is 0 Å². The van der Waals surface area contributed by atoms with Crippen LogP contribution in [-0.2, 0) is 29.6 Å². The van der Waals surface area contributed by atoms with Crippen molar-refractivity contribution in [2.24, 2.45) is 7.05 Å². The highest BCUT2D eigenvalue weighted by Crippen LogP contribution is 2.17. The van der Waals surface area contributed by atoms with E-state index < -0.39 is 12.1 Å². The third-order valence-electron chi connectivity index (χ3n) is 3.80. The standard InChI is InChI=1S/C14H22N4O2/c1-5-10-7-11(17(4)16-10)8-18-12(6-2)13(19)15-9(3)14(18)20/h7,9,12H,5-6,8H2,1-4H3,(H,15,19). The van der Waals surface area contributed by atoms with Crippen LogP contribution in [0.4, 0.5) is 0 Å². The maximum absolute atomic E-state index is 12.3. The molecule has 0 saturated carbocycles. The molecule has 1 aromatic rings. The molecule has 2 amide bonds. The van der Waals surface area contributed by atoms with Gasteiger partial charge in [-0.1, -0.05) is 13.8 Å². The number of aryl methyl sites for hydroxylation is 2. The van der Waals surface area contributed by atoms with Gasteiger partial charge in [-0.2, -0.15) is 5.10 Å². The normalized spacial score (nSPS) is 23.1. The predicted molar refractivity (Wildman–Crippen MR) is 74.8 cm³/mol. The van der Waals surface area contributed by atoms with Crippen LogP contribution in [0.2, 0.25) is 0 Å². The van der Waals surface area contributed by atoms with Crippen LogP contribution in [0.25, 0.3) is 0 Å². The first-order valence-corrected chi connectivity index (χ1v) is 7.10. The van der Waals surface area contributed by atoms with Crippen LogP contribution in [0.3, 0.4) is 0 Å². The molecule has 1 N–H and O–H groups in total. The van der Waals surface area contributed by atoms with E-state index in [-0.39, 0.29) is 11.8 Å². The van der Waals surface area contributed by atoms with Crippen molar-refractivity contribution in [1.29, 1.82) is 0 Å². The highest BCUT2D eigenvalue weighted by molar-refractivity contribution is 5.96. The molecular weight excluding hydrogens is 256 g/mol. The van der Waals surface area contributed by atoms with E-state index in [0.29, 0.717) is 13.0 Å². The van der Waals surface area contributed by atoms with Crippen molar-refractivity contribution >= 4 is 11.8 Å². The van der Waals surface area contributed by atoms with E-state index >= 15 is 0 Å². The Kier molecular flexibility index (Phi) is 4.11. The van der Waals surface area contributed by atoms with Gasteiger partial charge in [0.2, 0.25) is 11.8 Å². The lowest BCUT2D eigenvalue weighted by molar-refractivity contribution is -0.149. The van der Waals surface area contributed by atoms with Crippen LogP contribution >= 0.6 is 0 Å². The Labute approximate surface area is 119 Å². The molecule has 0 aliphatic carbocycles. The Balaban J connectivity index is 2.25. The van der Waals surface area contributed by atoms with E-state index in [1.54, 1.807) is 16.5 Å². The second-order valence-electron chi connectivity index (χ2n) is 5.22. The van der Waals surface area contributed by atoms with E-state index in [9.17, 15) is 9.59 Å². The number of amides is 2. The number of hydrogen-bond donors (Lipinski definition) is 1. The molecule has 0 bridgehead atoms. The minimum Gasteiger partial charge on any atom is -0.343 e. The summed E-state index contributed by atoms with van der Waals surface area (Å²) in [5.74, 6) is -0.104. The number of hydrogen-bond acceptors (Lipinski definition) is 3. The Morgan fingerprint density at radius 2 is 2.05 bits per heavy atom. The summed E-state index contributed by atoms with van der Waals surface area (Å²) in [6.45, 7) is 6.11. The zero-order valence-corrected chi connectivity index (χ0v) is 12.5. The third kappa shape index (κ3) is 2.55. The zero-order valence-electron chi connectivity index (χ0n) is 12.5. The zero-order chi connectivity index (χ0) is 14.9. The Morgan fingerprint density at radius 1 is 1.35 bits per heavy atom. The molecule has 1 aromatic heterocycles. The number of carbonyl (C=O) groups excluding carboxylic acids is 2. The van der Waals surface area contributed by atoms with Gasteiger partial charge in [0.15, 0.2) is 0 Å². The molecule has 1 saturated heterocycles. The van der Waals surface area contributed by atoms with Gasteiger partial charge in [0, 0.05) is 7.05 Å². The molecule has 0 aromatic carbocycles. The van der Waals surface area contributed by atoms with Gasteiger partial charge < -0.3 is 10.2 Å². The Hall–Kier alpha value is -1.85. The second-order valence-corrected chi connectivity index (χ2v) is 5.22. The van der Waals surface area contributed by atoms with Crippen molar-refractivity contribution < 1.29 is 9.59 Å². The molecule has 2 atom stereocenters. The molecule has 1 fully saturated rings. The molecule has 0 radical (unpaired) electrons. The molecule has 1 aliphatic rings. The van der Waals surface area contributed by atoms with E-state index in [1.807, 2.05) is 27.0 Å². The van der Waals surface area contributed by atoms with E-state index in [2.05, 4.69) is 10.4 Å². The summed E-state index contributed by atoms with van der Waals surface area (Å²) in [7, 11) is 1.87. The molecule has 2 rings (SSSR count). The summed E-state index contributed by atoms with van der Waals surface area (Å²) in [6, 6.07) is 1.15. The number of piperazine rings is 1. The second kappa shape index (κ2) is 5.64. The fraction of sp³-hybridized carbons (Fsp3) is 0.643. The summed E-state index contributed by atoms with van der Waals surface area (Å²) < 4.78 is 1.79. The van der Waals surface area contributed by atoms with E-state index in [1.165, 1.54) is 0 Å². The highest BCUT2D eigenvalue weighted by atomic mass is 16.2. The van der Waals surface area contributed by atoms with Crippen molar-refractivity contribution in [3.63, 3.8) is 0 Å². The molecule has 1 aliphatic heterocycles. The number of carbonyl (C=O) groups is 2. The summed E-state index contributed by atoms with van der Waals surface area (Å²) in [6.07, 6.45) is 1.47. The van der Waals surface area contributed by atoms with Crippen molar-refractivity contribution in [1.82, 2.24) is 20.0 Å². The smallest absolute Gasteiger partial charge is 0.245 e. The maximum atomic E-state index is 12.3. The van der Waals surface area contributed by atoms with E-state index in [4.69, 9.17) is 0 Å². The average Bonchev–Trinajstić information content (AvgIpc) is 2.76. The Bertz CT molecular complexity index is 523. The van der Waals surface area contributed by atoms with Crippen LogP contribution in [0.15, 0.2) is 6.07 Å². The van der Waals surface area contributed by atoms with Gasteiger partial charge >= 0.3 is 0 Å². The quantitative estimate of drug-likeness (QED) is 0.877. The maximum Gasteiger partial charge on any atom is 0.245 e. The molecule has 2 unspecified atom stereocenters. The SMILES string of the molecule is CCc1cc(CN2C(=O)C(C)NC(=O)C2CC)n(C)n1. The van der Waals surface area contributed by atoms with Crippen LogP contribution < -0.4 is 5.32 Å². The van der Waals surface area contributed by atoms with E-state index in [0.717, 1.165) is 17.8 Å². The van der Waals surface area contributed by atoms with Gasteiger partial charge in [0.05, 0.1) is 17.9 Å². The lowest BCUT2D eigenvalue weighted by Gasteiger charge is -2.37. The molecule has 20 heavy (non-hydrogen) atoms. The fourth-order valence-electron chi connectivity index (χ4n) is 2.58. The van der Waals surface area contributed by atoms with Gasteiger partial charge in [-0.25, -0.2) is 0 Å². The largest absolute Gasteiger partial charge is 0.343 e. The minimum absolute atomic E-state index is 0.0318. The third-order valence-corrected chi connectivity index (χ3v) is 3.80. The first kappa shape index (κ1) is 14.6. The first-order chi connectivity index (χ1) is 9.47. The van der Waals surface area contributed by atoms with Crippen molar-refractivity contribution in [3.05, 3.63) is 17.5 Å². The molecular formula is C14H22N4O2. The van der Waals surface area contributed by atoms with Crippen LogP contribution in [-0.4, -0.2) is 38.6 Å². The summed E-state index contributed by atoms with van der Waals surface area (Å²) in [5.41, 5.74) is 1.95. The number of rotatable bonds is 4. The first-order valence-electron chi connectivity index (χ1n) is 7.10. The lowest BCUT2D eigenvalue weighted by Crippen LogP contribution is -2.61. The monoisotopic (exact) mass is 278 g/mol. The van der Waals surface area contributed by atoms with Crippen LogP contribution in [0, 0.1) is 0 Å². The Morgan fingerprint density at radius 3 is 2.60 bits per heavy atom. The minimum atomic E-state index is -0.454. The van der Waals surface area contributed by atoms with Crippen molar-refractivity contribution in [3.8, 4) is 0 Å². The molecule has 0 spiro atoms. The molecule has 6 nitrogen and oxygen atoms in total. The van der Waals surface area contributed by atoms with Crippen LogP contribution in [0.5, 0.6) is 0 Å². The molecule has 110 valence electrons. The average molecular weight is 278 g/mol. The fourth-order valence-corrected chi connectivity index (χ4v) is 2.58. The number of nitrogens with zero attached hydrogens (tertiary/aromatic N) is 3. The number of aromatic nitrogens is 2. The van der Waals surface area contributed by atoms with Crippen molar-refractivity contribution in [2.45, 2.75) is 52.2 Å².